The van der Waals surface area contributed by atoms with Crippen molar-refractivity contribution in [1.82, 2.24) is 15.5 Å². The molecule has 3 aromatic rings. The number of aromatic nitrogens is 2. The number of para-hydroxylation sites is 1. The lowest BCUT2D eigenvalue weighted by Gasteiger charge is -2.13. The van der Waals surface area contributed by atoms with Crippen LogP contribution in [-0.4, -0.2) is 20.5 Å². The zero-order chi connectivity index (χ0) is 19.3. The maximum Gasteiger partial charge on any atom is 0.282 e. The van der Waals surface area contributed by atoms with E-state index in [1.54, 1.807) is 35.7 Å². The standard InChI is InChI=1S/C19H15FN4OS3/c20-14-7-5-12(6-8-14)9-21-17(25)18-24-23-16(28-18)11-27-19-22-15-4-2-1-3-13(15)10-26-19/h1-8H,9-11H2,(H,21,25). The van der Waals surface area contributed by atoms with Crippen LogP contribution in [0.25, 0.3) is 0 Å². The minimum atomic E-state index is -0.300. The van der Waals surface area contributed by atoms with Crippen molar-refractivity contribution in [2.45, 2.75) is 18.1 Å². The molecule has 1 aromatic heterocycles. The van der Waals surface area contributed by atoms with E-state index in [2.05, 4.69) is 26.6 Å². The summed E-state index contributed by atoms with van der Waals surface area (Å²) in [6.07, 6.45) is 0. The van der Waals surface area contributed by atoms with Gasteiger partial charge in [0.2, 0.25) is 5.01 Å². The molecule has 0 atom stereocenters. The summed E-state index contributed by atoms with van der Waals surface area (Å²) in [4.78, 5) is 16.9. The lowest BCUT2D eigenvalue weighted by Crippen LogP contribution is -2.22. The van der Waals surface area contributed by atoms with Gasteiger partial charge in [-0.3, -0.25) is 4.79 Å². The predicted molar refractivity (Wildman–Crippen MR) is 114 cm³/mol. The number of hydrogen-bond acceptors (Lipinski definition) is 7. The van der Waals surface area contributed by atoms with Crippen LogP contribution >= 0.6 is 34.9 Å². The number of amides is 1. The lowest BCUT2D eigenvalue weighted by atomic mass is 10.2. The third-order valence-corrected chi connectivity index (χ3v) is 7.26. The fourth-order valence-electron chi connectivity index (χ4n) is 2.47. The van der Waals surface area contributed by atoms with E-state index in [1.165, 1.54) is 29.0 Å². The number of thioether (sulfide) groups is 2. The molecule has 1 aliphatic rings. The Morgan fingerprint density at radius 2 is 1.96 bits per heavy atom. The Hall–Kier alpha value is -2.23. The number of aliphatic imine (C=N–C) groups is 1. The third kappa shape index (κ3) is 4.78. The van der Waals surface area contributed by atoms with Crippen molar-refractivity contribution in [2.24, 2.45) is 4.99 Å². The van der Waals surface area contributed by atoms with Crippen molar-refractivity contribution in [2.75, 3.05) is 0 Å². The number of rotatable bonds is 5. The fourth-order valence-corrected chi connectivity index (χ4v) is 5.28. The molecular formula is C19H15FN4OS3. The van der Waals surface area contributed by atoms with Crippen LogP contribution < -0.4 is 5.32 Å². The summed E-state index contributed by atoms with van der Waals surface area (Å²) in [6, 6.07) is 14.1. The Balaban J connectivity index is 1.31. The largest absolute Gasteiger partial charge is 0.346 e. The number of fused-ring (bicyclic) bond motifs is 1. The van der Waals surface area contributed by atoms with Crippen LogP contribution in [-0.2, 0) is 18.1 Å². The molecule has 0 unspecified atom stereocenters. The summed E-state index contributed by atoms with van der Waals surface area (Å²) < 4.78 is 13.9. The normalized spacial score (nSPS) is 13.0. The summed E-state index contributed by atoms with van der Waals surface area (Å²) in [7, 11) is 0. The molecule has 28 heavy (non-hydrogen) atoms. The second kappa shape index (κ2) is 8.85. The highest BCUT2D eigenvalue weighted by molar-refractivity contribution is 8.38. The molecule has 1 aliphatic heterocycles. The Kier molecular flexibility index (Phi) is 6.04. The van der Waals surface area contributed by atoms with Gasteiger partial charge in [0.25, 0.3) is 5.91 Å². The van der Waals surface area contributed by atoms with Crippen molar-refractivity contribution >= 4 is 50.8 Å². The molecule has 0 spiro atoms. The Labute approximate surface area is 173 Å². The topological polar surface area (TPSA) is 67.2 Å². The van der Waals surface area contributed by atoms with Gasteiger partial charge in [-0.05, 0) is 29.3 Å². The molecule has 0 aliphatic carbocycles. The van der Waals surface area contributed by atoms with Gasteiger partial charge in [-0.15, -0.1) is 10.2 Å². The highest BCUT2D eigenvalue weighted by Gasteiger charge is 2.16. The summed E-state index contributed by atoms with van der Waals surface area (Å²) >= 11 is 4.59. The molecule has 142 valence electrons. The number of benzene rings is 2. The predicted octanol–water partition coefficient (Wildman–Crippen LogP) is 4.77. The third-order valence-electron chi connectivity index (χ3n) is 3.90. The first kappa shape index (κ1) is 19.1. The zero-order valence-corrected chi connectivity index (χ0v) is 17.0. The van der Waals surface area contributed by atoms with Crippen molar-refractivity contribution in [1.29, 1.82) is 0 Å². The van der Waals surface area contributed by atoms with Gasteiger partial charge in [0.1, 0.15) is 15.2 Å². The Morgan fingerprint density at radius 1 is 1.14 bits per heavy atom. The molecule has 0 saturated carbocycles. The van der Waals surface area contributed by atoms with Crippen LogP contribution in [0.4, 0.5) is 10.1 Å². The van der Waals surface area contributed by atoms with Gasteiger partial charge in [0.15, 0.2) is 0 Å². The maximum absolute atomic E-state index is 12.9. The average molecular weight is 431 g/mol. The van der Waals surface area contributed by atoms with E-state index in [0.717, 1.165) is 26.4 Å². The second-order valence-corrected chi connectivity index (χ2v) is 9.14. The van der Waals surface area contributed by atoms with Crippen molar-refractivity contribution in [3.8, 4) is 0 Å². The van der Waals surface area contributed by atoms with E-state index in [9.17, 15) is 9.18 Å². The van der Waals surface area contributed by atoms with Crippen LogP contribution in [0.15, 0.2) is 53.5 Å². The van der Waals surface area contributed by atoms with Gasteiger partial charge in [-0.25, -0.2) is 9.38 Å². The maximum atomic E-state index is 12.9. The summed E-state index contributed by atoms with van der Waals surface area (Å²) in [6.45, 7) is 0.315. The molecule has 4 rings (SSSR count). The molecule has 2 aromatic carbocycles. The van der Waals surface area contributed by atoms with Crippen LogP contribution in [0.5, 0.6) is 0 Å². The second-order valence-electron chi connectivity index (χ2n) is 5.89. The smallest absolute Gasteiger partial charge is 0.282 e. The monoisotopic (exact) mass is 430 g/mol. The molecule has 1 N–H and O–H groups in total. The van der Waals surface area contributed by atoms with Crippen LogP contribution in [0.1, 0.15) is 25.9 Å². The highest BCUT2D eigenvalue weighted by Crippen LogP contribution is 2.35. The first-order valence-electron chi connectivity index (χ1n) is 8.44. The van der Waals surface area contributed by atoms with Gasteiger partial charge in [0.05, 0.1) is 11.4 Å². The molecule has 1 amide bonds. The van der Waals surface area contributed by atoms with E-state index in [4.69, 9.17) is 0 Å². The fraction of sp³-hybridized carbons (Fsp3) is 0.158. The van der Waals surface area contributed by atoms with Gasteiger partial charge in [-0.2, -0.15) is 0 Å². The van der Waals surface area contributed by atoms with Crippen molar-refractivity contribution in [3.05, 3.63) is 75.5 Å². The molecular weight excluding hydrogens is 415 g/mol. The molecule has 0 fully saturated rings. The number of carbonyl (C=O) groups excluding carboxylic acids is 1. The molecule has 2 heterocycles. The van der Waals surface area contributed by atoms with E-state index in [0.29, 0.717) is 17.3 Å². The zero-order valence-electron chi connectivity index (χ0n) is 14.6. The van der Waals surface area contributed by atoms with E-state index >= 15 is 0 Å². The Bertz CT molecular complexity index is 1020. The lowest BCUT2D eigenvalue weighted by molar-refractivity contribution is 0.0950. The first-order valence-corrected chi connectivity index (χ1v) is 11.2. The molecule has 0 radical (unpaired) electrons. The minimum absolute atomic E-state index is 0.281. The molecule has 9 heteroatoms. The van der Waals surface area contributed by atoms with E-state index < -0.39 is 0 Å². The van der Waals surface area contributed by atoms with Crippen LogP contribution in [0.3, 0.4) is 0 Å². The minimum Gasteiger partial charge on any atom is -0.346 e. The Morgan fingerprint density at radius 3 is 2.82 bits per heavy atom. The SMILES string of the molecule is O=C(NCc1ccc(F)cc1)c1nnc(CSC2=Nc3ccccc3CS2)s1. The quantitative estimate of drug-likeness (QED) is 0.631. The van der Waals surface area contributed by atoms with Gasteiger partial charge < -0.3 is 5.32 Å². The van der Waals surface area contributed by atoms with Crippen molar-refractivity contribution in [3.63, 3.8) is 0 Å². The number of carbonyl (C=O) groups is 1. The number of nitrogens with zero attached hydrogens (tertiary/aromatic N) is 3. The highest BCUT2D eigenvalue weighted by atomic mass is 32.2. The van der Waals surface area contributed by atoms with Gasteiger partial charge in [0, 0.05) is 12.3 Å². The number of halogens is 1. The molecule has 0 bridgehead atoms. The van der Waals surface area contributed by atoms with Gasteiger partial charge in [-0.1, -0.05) is 65.2 Å². The van der Waals surface area contributed by atoms with E-state index in [1.807, 2.05) is 18.2 Å². The molecule has 5 nitrogen and oxygen atoms in total. The number of nitrogens with one attached hydrogen (secondary N) is 1. The summed E-state index contributed by atoms with van der Waals surface area (Å²) in [5, 5.41) is 12.0. The van der Waals surface area contributed by atoms with Crippen molar-refractivity contribution < 1.29 is 9.18 Å². The van der Waals surface area contributed by atoms with E-state index in [-0.39, 0.29) is 11.7 Å². The first-order chi connectivity index (χ1) is 13.7. The summed E-state index contributed by atoms with van der Waals surface area (Å²) in [5.41, 5.74) is 3.08. The molecule has 0 saturated heterocycles. The number of hydrogen-bond donors (Lipinski definition) is 1. The van der Waals surface area contributed by atoms with Crippen LogP contribution in [0.2, 0.25) is 0 Å². The average Bonchev–Trinajstić information content (AvgIpc) is 3.21. The van der Waals surface area contributed by atoms with Crippen LogP contribution in [0, 0.1) is 5.82 Å². The summed E-state index contributed by atoms with van der Waals surface area (Å²) in [5.74, 6) is 0.952. The van der Waals surface area contributed by atoms with Gasteiger partial charge >= 0.3 is 0 Å².